The lowest BCUT2D eigenvalue weighted by molar-refractivity contribution is 0.0955. The highest BCUT2D eigenvalue weighted by atomic mass is 79.9. The zero-order chi connectivity index (χ0) is 16.8. The van der Waals surface area contributed by atoms with E-state index in [0.717, 1.165) is 8.95 Å². The number of hydrogen-bond donors (Lipinski definition) is 1. The molecule has 120 valence electrons. The Kier molecular flexibility index (Phi) is 6.18. The van der Waals surface area contributed by atoms with E-state index < -0.39 is 0 Å². The van der Waals surface area contributed by atoms with Gasteiger partial charge in [0, 0.05) is 21.7 Å². The normalized spacial score (nSPS) is 10.6. The Labute approximate surface area is 150 Å². The number of carbonyl (C=O) groups is 1. The average Bonchev–Trinajstić information content (AvgIpc) is 2.55. The van der Waals surface area contributed by atoms with Gasteiger partial charge in [0.05, 0.1) is 24.9 Å². The summed E-state index contributed by atoms with van der Waals surface area (Å²) in [6.45, 7) is 0. The number of hydrogen-bond acceptors (Lipinski definition) is 4. The van der Waals surface area contributed by atoms with Crippen molar-refractivity contribution in [2.24, 2.45) is 5.10 Å². The molecule has 1 N–H and O–H groups in total. The van der Waals surface area contributed by atoms with Crippen molar-refractivity contribution in [3.05, 3.63) is 56.5 Å². The van der Waals surface area contributed by atoms with E-state index in [1.807, 2.05) is 6.07 Å². The van der Waals surface area contributed by atoms with Gasteiger partial charge in [-0.15, -0.1) is 0 Å². The molecule has 0 unspecified atom stereocenters. The summed E-state index contributed by atoms with van der Waals surface area (Å²) in [6, 6.07) is 10.6. The van der Waals surface area contributed by atoms with Crippen LogP contribution in [0.1, 0.15) is 15.9 Å². The second kappa shape index (κ2) is 8.12. The summed E-state index contributed by atoms with van der Waals surface area (Å²) in [6.07, 6.45) is 1.51. The fourth-order valence-electron chi connectivity index (χ4n) is 1.84. The minimum atomic E-state index is -0.297. The summed E-state index contributed by atoms with van der Waals surface area (Å²) in [5.41, 5.74) is 3.70. The molecule has 0 bridgehead atoms. The molecule has 0 saturated carbocycles. The Morgan fingerprint density at radius 1 is 1.13 bits per heavy atom. The van der Waals surface area contributed by atoms with Gasteiger partial charge < -0.3 is 9.47 Å². The van der Waals surface area contributed by atoms with Crippen molar-refractivity contribution in [2.75, 3.05) is 14.2 Å². The monoisotopic (exact) mass is 440 g/mol. The number of rotatable bonds is 5. The van der Waals surface area contributed by atoms with Gasteiger partial charge in [-0.05, 0) is 40.2 Å². The molecule has 7 heteroatoms. The van der Waals surface area contributed by atoms with Crippen LogP contribution in [-0.2, 0) is 0 Å². The van der Waals surface area contributed by atoms with Crippen LogP contribution in [0.25, 0.3) is 0 Å². The SMILES string of the molecule is COc1cc(OC)c(/C=N/NC(=O)c2cccc(Br)c2)cc1Br. The van der Waals surface area contributed by atoms with Crippen LogP contribution in [0.15, 0.2) is 50.4 Å². The molecular weight excluding hydrogens is 428 g/mol. The Morgan fingerprint density at radius 2 is 1.87 bits per heavy atom. The van der Waals surface area contributed by atoms with Crippen LogP contribution < -0.4 is 14.9 Å². The minimum Gasteiger partial charge on any atom is -0.496 e. The molecule has 5 nitrogen and oxygen atoms in total. The van der Waals surface area contributed by atoms with Crippen molar-refractivity contribution < 1.29 is 14.3 Å². The first kappa shape index (κ1) is 17.5. The number of amides is 1. The van der Waals surface area contributed by atoms with Gasteiger partial charge in [-0.2, -0.15) is 5.10 Å². The molecular formula is C16H14Br2N2O3. The first-order valence-corrected chi connectivity index (χ1v) is 8.14. The zero-order valence-electron chi connectivity index (χ0n) is 12.5. The predicted molar refractivity (Wildman–Crippen MR) is 96.4 cm³/mol. The lowest BCUT2D eigenvalue weighted by atomic mass is 10.2. The average molecular weight is 442 g/mol. The number of hydrazone groups is 1. The van der Waals surface area contributed by atoms with Gasteiger partial charge in [0.2, 0.25) is 0 Å². The fourth-order valence-corrected chi connectivity index (χ4v) is 2.76. The Balaban J connectivity index is 2.14. The number of ether oxygens (including phenoxy) is 2. The van der Waals surface area contributed by atoms with E-state index in [-0.39, 0.29) is 5.91 Å². The van der Waals surface area contributed by atoms with Crippen LogP contribution in [0.3, 0.4) is 0 Å². The molecule has 0 heterocycles. The lowest BCUT2D eigenvalue weighted by Crippen LogP contribution is -2.17. The number of carbonyl (C=O) groups excluding carboxylic acids is 1. The third-order valence-electron chi connectivity index (χ3n) is 2.96. The zero-order valence-corrected chi connectivity index (χ0v) is 15.6. The van der Waals surface area contributed by atoms with Crippen LogP contribution in [0.5, 0.6) is 11.5 Å². The van der Waals surface area contributed by atoms with Crippen molar-refractivity contribution in [1.29, 1.82) is 0 Å². The van der Waals surface area contributed by atoms with Crippen LogP contribution in [0.4, 0.5) is 0 Å². The fraction of sp³-hybridized carbons (Fsp3) is 0.125. The van der Waals surface area contributed by atoms with E-state index >= 15 is 0 Å². The van der Waals surface area contributed by atoms with Gasteiger partial charge in [-0.3, -0.25) is 4.79 Å². The van der Waals surface area contributed by atoms with Crippen molar-refractivity contribution in [1.82, 2.24) is 5.43 Å². The van der Waals surface area contributed by atoms with Crippen molar-refractivity contribution >= 4 is 44.0 Å². The molecule has 2 rings (SSSR count). The van der Waals surface area contributed by atoms with Crippen LogP contribution >= 0.6 is 31.9 Å². The Morgan fingerprint density at radius 3 is 2.52 bits per heavy atom. The molecule has 0 atom stereocenters. The molecule has 0 spiro atoms. The van der Waals surface area contributed by atoms with E-state index in [4.69, 9.17) is 9.47 Å². The predicted octanol–water partition coefficient (Wildman–Crippen LogP) is 3.99. The second-order valence-electron chi connectivity index (χ2n) is 4.44. The molecule has 0 aliphatic rings. The maximum Gasteiger partial charge on any atom is 0.271 e. The topological polar surface area (TPSA) is 59.9 Å². The maximum atomic E-state index is 12.0. The van der Waals surface area contributed by atoms with E-state index in [2.05, 4.69) is 42.4 Å². The number of nitrogens with one attached hydrogen (secondary N) is 1. The molecule has 0 aliphatic heterocycles. The largest absolute Gasteiger partial charge is 0.496 e. The van der Waals surface area contributed by atoms with E-state index in [0.29, 0.717) is 22.6 Å². The summed E-state index contributed by atoms with van der Waals surface area (Å²) >= 11 is 6.73. The molecule has 0 fully saturated rings. The molecule has 2 aromatic carbocycles. The summed E-state index contributed by atoms with van der Waals surface area (Å²) in [5.74, 6) is 0.941. The van der Waals surface area contributed by atoms with Gasteiger partial charge in [-0.1, -0.05) is 22.0 Å². The smallest absolute Gasteiger partial charge is 0.271 e. The summed E-state index contributed by atoms with van der Waals surface area (Å²) in [5, 5.41) is 3.97. The van der Waals surface area contributed by atoms with Gasteiger partial charge >= 0.3 is 0 Å². The standard InChI is InChI=1S/C16H14Br2N2O3/c1-22-14-8-15(23-2)13(18)7-11(14)9-19-20-16(21)10-4-3-5-12(17)6-10/h3-9H,1-2H3,(H,20,21)/b19-9+. The second-order valence-corrected chi connectivity index (χ2v) is 6.21. The van der Waals surface area contributed by atoms with Crippen molar-refractivity contribution in [2.45, 2.75) is 0 Å². The quantitative estimate of drug-likeness (QED) is 0.563. The molecule has 1 amide bonds. The van der Waals surface area contributed by atoms with Crippen LogP contribution in [0.2, 0.25) is 0 Å². The summed E-state index contributed by atoms with van der Waals surface area (Å²) in [4.78, 5) is 12.0. The molecule has 0 radical (unpaired) electrons. The molecule has 23 heavy (non-hydrogen) atoms. The number of benzene rings is 2. The van der Waals surface area contributed by atoms with Gasteiger partial charge in [-0.25, -0.2) is 5.43 Å². The third kappa shape index (κ3) is 4.56. The van der Waals surface area contributed by atoms with Crippen LogP contribution in [-0.4, -0.2) is 26.3 Å². The number of methoxy groups -OCH3 is 2. The van der Waals surface area contributed by atoms with Gasteiger partial charge in [0.1, 0.15) is 11.5 Å². The summed E-state index contributed by atoms with van der Waals surface area (Å²) < 4.78 is 12.1. The maximum absolute atomic E-state index is 12.0. The third-order valence-corrected chi connectivity index (χ3v) is 4.07. The van der Waals surface area contributed by atoms with Gasteiger partial charge in [0.25, 0.3) is 5.91 Å². The van der Waals surface area contributed by atoms with E-state index in [1.165, 1.54) is 6.21 Å². The Hall–Kier alpha value is -1.86. The highest BCUT2D eigenvalue weighted by Crippen LogP contribution is 2.31. The highest BCUT2D eigenvalue weighted by molar-refractivity contribution is 9.10. The number of nitrogens with zero attached hydrogens (tertiary/aromatic N) is 1. The minimum absolute atomic E-state index is 0.297. The lowest BCUT2D eigenvalue weighted by Gasteiger charge is -2.09. The first-order chi connectivity index (χ1) is 11.0. The molecule has 0 saturated heterocycles. The molecule has 0 aliphatic carbocycles. The molecule has 2 aromatic rings. The Bertz CT molecular complexity index is 748. The molecule has 0 aromatic heterocycles. The summed E-state index contributed by atoms with van der Waals surface area (Å²) in [7, 11) is 3.13. The highest BCUT2D eigenvalue weighted by Gasteiger charge is 2.08. The van der Waals surface area contributed by atoms with Crippen LogP contribution in [0, 0.1) is 0 Å². The van der Waals surface area contributed by atoms with Gasteiger partial charge in [0.15, 0.2) is 0 Å². The van der Waals surface area contributed by atoms with Crippen molar-refractivity contribution in [3.8, 4) is 11.5 Å². The first-order valence-electron chi connectivity index (χ1n) is 6.55. The van der Waals surface area contributed by atoms with E-state index in [9.17, 15) is 4.79 Å². The van der Waals surface area contributed by atoms with Crippen molar-refractivity contribution in [3.63, 3.8) is 0 Å². The number of halogens is 2. The van der Waals surface area contributed by atoms with E-state index in [1.54, 1.807) is 44.6 Å².